The molecule has 1 heterocycles. The van der Waals surface area contributed by atoms with Crippen LogP contribution in [0.2, 0.25) is 0 Å². The molecule has 1 aromatic rings. The zero-order chi connectivity index (χ0) is 17.0. The van der Waals surface area contributed by atoms with Gasteiger partial charge in [0.15, 0.2) is 5.17 Å². The highest BCUT2D eigenvalue weighted by atomic mass is 32.2. The van der Waals surface area contributed by atoms with Crippen LogP contribution in [0.1, 0.15) is 31.4 Å². The van der Waals surface area contributed by atoms with Crippen molar-refractivity contribution >= 4 is 34.4 Å². The van der Waals surface area contributed by atoms with Crippen LogP contribution >= 0.6 is 11.8 Å². The van der Waals surface area contributed by atoms with Crippen LogP contribution in [0.3, 0.4) is 0 Å². The topological polar surface area (TPSA) is 61.8 Å². The van der Waals surface area contributed by atoms with Crippen molar-refractivity contribution in [2.24, 2.45) is 4.99 Å². The monoisotopic (exact) mass is 333 g/mol. The molecule has 0 aliphatic carbocycles. The minimum absolute atomic E-state index is 0.144. The van der Waals surface area contributed by atoms with Crippen molar-refractivity contribution in [2.75, 3.05) is 18.4 Å². The molecule has 0 unspecified atom stereocenters. The van der Waals surface area contributed by atoms with E-state index in [9.17, 15) is 9.59 Å². The van der Waals surface area contributed by atoms with Crippen LogP contribution in [0, 0.1) is 13.8 Å². The third-order valence-electron chi connectivity index (χ3n) is 3.79. The first kappa shape index (κ1) is 17.5. The fourth-order valence-corrected chi connectivity index (χ4v) is 3.65. The summed E-state index contributed by atoms with van der Waals surface area (Å²) in [5, 5.41) is 3.19. The molecule has 0 aromatic heterocycles. The summed E-state index contributed by atoms with van der Waals surface area (Å²) in [6, 6.07) is 5.87. The molecule has 0 saturated carbocycles. The second-order valence-corrected chi connectivity index (χ2v) is 6.75. The summed E-state index contributed by atoms with van der Waals surface area (Å²) in [4.78, 5) is 30.4. The van der Waals surface area contributed by atoms with E-state index in [1.165, 1.54) is 11.8 Å². The van der Waals surface area contributed by atoms with E-state index in [1.807, 2.05) is 50.8 Å². The minimum atomic E-state index is -0.420. The highest BCUT2D eigenvalue weighted by Gasteiger charge is 2.32. The van der Waals surface area contributed by atoms with E-state index in [2.05, 4.69) is 10.3 Å². The van der Waals surface area contributed by atoms with Crippen LogP contribution in [0.5, 0.6) is 0 Å². The lowest BCUT2D eigenvalue weighted by molar-refractivity contribution is -0.121. The van der Waals surface area contributed by atoms with E-state index in [0.29, 0.717) is 0 Å². The van der Waals surface area contributed by atoms with Crippen molar-refractivity contribution < 1.29 is 9.59 Å². The smallest absolute Gasteiger partial charge is 0.262 e. The normalized spacial score (nSPS) is 17.1. The molecule has 5 nitrogen and oxygen atoms in total. The van der Waals surface area contributed by atoms with Gasteiger partial charge >= 0.3 is 0 Å². The van der Waals surface area contributed by atoms with Gasteiger partial charge in [0.05, 0.1) is 0 Å². The molecule has 2 rings (SSSR count). The minimum Gasteiger partial charge on any atom is -0.352 e. The van der Waals surface area contributed by atoms with E-state index in [4.69, 9.17) is 0 Å². The molecule has 1 N–H and O–H groups in total. The largest absolute Gasteiger partial charge is 0.352 e. The molecule has 124 valence electrons. The van der Waals surface area contributed by atoms with Gasteiger partial charge < -0.3 is 10.2 Å². The summed E-state index contributed by atoms with van der Waals surface area (Å²) < 4.78 is 0. The van der Waals surface area contributed by atoms with E-state index in [-0.39, 0.29) is 18.2 Å². The lowest BCUT2D eigenvalue weighted by atomic mass is 10.1. The first-order valence-corrected chi connectivity index (χ1v) is 8.73. The number of hydrogen-bond donors (Lipinski definition) is 1. The molecule has 0 radical (unpaired) electrons. The Hall–Kier alpha value is -1.82. The Kier molecular flexibility index (Phi) is 5.82. The van der Waals surface area contributed by atoms with Gasteiger partial charge in [-0.25, -0.2) is 0 Å². The first-order chi connectivity index (χ1) is 10.9. The van der Waals surface area contributed by atoms with E-state index < -0.39 is 5.25 Å². The Morgan fingerprint density at radius 1 is 1.30 bits per heavy atom. The number of aliphatic imine (C=N–C) groups is 1. The molecule has 1 atom stereocenters. The summed E-state index contributed by atoms with van der Waals surface area (Å²) in [6.07, 6.45) is 0.144. The van der Waals surface area contributed by atoms with Crippen molar-refractivity contribution in [1.82, 2.24) is 4.90 Å². The summed E-state index contributed by atoms with van der Waals surface area (Å²) in [7, 11) is 0. The maximum atomic E-state index is 12.2. The third-order valence-corrected chi connectivity index (χ3v) is 5.00. The van der Waals surface area contributed by atoms with Crippen LogP contribution in [-0.2, 0) is 9.59 Å². The summed E-state index contributed by atoms with van der Waals surface area (Å²) in [6.45, 7) is 9.63. The molecule has 0 fully saturated rings. The van der Waals surface area contributed by atoms with Gasteiger partial charge in [0.1, 0.15) is 5.25 Å². The SMILES string of the molecule is CCN(CC)C1=NC(=O)[C@@H](CC(=O)Nc2ccc(C)cc2C)S1. The quantitative estimate of drug-likeness (QED) is 0.900. The van der Waals surface area contributed by atoms with Crippen LogP contribution in [0.25, 0.3) is 0 Å². The van der Waals surface area contributed by atoms with Gasteiger partial charge in [0, 0.05) is 25.2 Å². The van der Waals surface area contributed by atoms with Crippen molar-refractivity contribution in [3.05, 3.63) is 29.3 Å². The molecule has 2 amide bonds. The van der Waals surface area contributed by atoms with Crippen LogP contribution in [-0.4, -0.2) is 40.2 Å². The Balaban J connectivity index is 1.95. The Morgan fingerprint density at radius 2 is 2.00 bits per heavy atom. The van der Waals surface area contributed by atoms with Gasteiger partial charge in [0.25, 0.3) is 5.91 Å². The van der Waals surface area contributed by atoms with E-state index >= 15 is 0 Å². The zero-order valence-corrected chi connectivity index (χ0v) is 14.9. The first-order valence-electron chi connectivity index (χ1n) is 7.85. The predicted molar refractivity (Wildman–Crippen MR) is 95.9 cm³/mol. The molecule has 0 spiro atoms. The second kappa shape index (κ2) is 7.64. The molecule has 1 aromatic carbocycles. The van der Waals surface area contributed by atoms with Gasteiger partial charge in [-0.1, -0.05) is 29.5 Å². The maximum absolute atomic E-state index is 12.2. The Bertz CT molecular complexity index is 639. The molecular formula is C17H23N3O2S. The van der Waals surface area contributed by atoms with Crippen LogP contribution in [0.15, 0.2) is 23.2 Å². The van der Waals surface area contributed by atoms with Gasteiger partial charge in [-0.2, -0.15) is 4.99 Å². The average Bonchev–Trinajstić information content (AvgIpc) is 2.84. The number of thioether (sulfide) groups is 1. The molecule has 6 heteroatoms. The highest BCUT2D eigenvalue weighted by Crippen LogP contribution is 2.27. The number of amides is 2. The molecule has 1 aliphatic rings. The van der Waals surface area contributed by atoms with Gasteiger partial charge in [-0.15, -0.1) is 0 Å². The zero-order valence-electron chi connectivity index (χ0n) is 14.0. The van der Waals surface area contributed by atoms with Gasteiger partial charge in [0.2, 0.25) is 5.91 Å². The number of aryl methyl sites for hydroxylation is 2. The number of amidine groups is 1. The lowest BCUT2D eigenvalue weighted by Gasteiger charge is -2.19. The number of rotatable bonds is 5. The number of carbonyl (C=O) groups is 2. The number of carbonyl (C=O) groups excluding carboxylic acids is 2. The maximum Gasteiger partial charge on any atom is 0.262 e. The second-order valence-electron chi connectivity index (χ2n) is 5.58. The lowest BCUT2D eigenvalue weighted by Crippen LogP contribution is -2.28. The fourth-order valence-electron chi connectivity index (χ4n) is 2.46. The summed E-state index contributed by atoms with van der Waals surface area (Å²) in [5.74, 6) is -0.369. The van der Waals surface area contributed by atoms with Crippen LogP contribution < -0.4 is 5.32 Å². The van der Waals surface area contributed by atoms with Crippen LogP contribution in [0.4, 0.5) is 5.69 Å². The highest BCUT2D eigenvalue weighted by molar-refractivity contribution is 8.15. The van der Waals surface area contributed by atoms with Crippen molar-refractivity contribution in [3.63, 3.8) is 0 Å². The number of hydrogen-bond acceptors (Lipinski definition) is 4. The number of anilines is 1. The van der Waals surface area contributed by atoms with E-state index in [0.717, 1.165) is 35.1 Å². The molecule has 0 bridgehead atoms. The summed E-state index contributed by atoms with van der Waals surface area (Å²) >= 11 is 1.39. The Labute approximate surface area is 141 Å². The van der Waals surface area contributed by atoms with Crippen molar-refractivity contribution in [2.45, 2.75) is 39.4 Å². The molecular weight excluding hydrogens is 310 g/mol. The number of benzene rings is 1. The van der Waals surface area contributed by atoms with E-state index in [1.54, 1.807) is 0 Å². The van der Waals surface area contributed by atoms with Gasteiger partial charge in [-0.05, 0) is 39.3 Å². The fraction of sp³-hybridized carbons (Fsp3) is 0.471. The van der Waals surface area contributed by atoms with Crippen molar-refractivity contribution in [3.8, 4) is 0 Å². The predicted octanol–water partition coefficient (Wildman–Crippen LogP) is 2.97. The van der Waals surface area contributed by atoms with Crippen molar-refractivity contribution in [1.29, 1.82) is 0 Å². The molecule has 0 saturated heterocycles. The standard InChI is InChI=1S/C17H23N3O2S/c1-5-20(6-2)17-19-16(22)14(23-17)10-15(21)18-13-8-7-11(3)9-12(13)4/h7-9,14H,5-6,10H2,1-4H3,(H,18,21)/t14-/m1/s1. The average molecular weight is 333 g/mol. The van der Waals surface area contributed by atoms with Gasteiger partial charge in [-0.3, -0.25) is 9.59 Å². The summed E-state index contributed by atoms with van der Waals surface area (Å²) in [5.41, 5.74) is 2.96. The Morgan fingerprint density at radius 3 is 2.61 bits per heavy atom. The molecule has 23 heavy (non-hydrogen) atoms. The molecule has 1 aliphatic heterocycles. The number of nitrogens with zero attached hydrogens (tertiary/aromatic N) is 2. The third kappa shape index (κ3) is 4.34. The number of nitrogens with one attached hydrogen (secondary N) is 1.